The van der Waals surface area contributed by atoms with Crippen molar-refractivity contribution in [2.24, 2.45) is 10.9 Å². The highest BCUT2D eigenvalue weighted by Gasteiger charge is 2.48. The van der Waals surface area contributed by atoms with Gasteiger partial charge in [-0.3, -0.25) is 19.7 Å². The number of nitrogens with one attached hydrogen (secondary N) is 1. The molecule has 0 aliphatic carbocycles. The molecule has 10 nitrogen and oxygen atoms in total. The molecule has 1 aromatic carbocycles. The first kappa shape index (κ1) is 21.4. The number of non-ortho nitro benzene ring substituents is 1. The molecule has 2 heterocycles. The smallest absolute Gasteiger partial charge is 0.325 e. The Morgan fingerprint density at radius 2 is 2.13 bits per heavy atom. The summed E-state index contributed by atoms with van der Waals surface area (Å²) in [5, 5.41) is 13.5. The molecule has 2 aliphatic rings. The molecule has 3 rings (SSSR count). The molecule has 0 saturated carbocycles. The number of nitrogens with zero attached hydrogens (tertiary/aromatic N) is 4. The van der Waals surface area contributed by atoms with Gasteiger partial charge in [0.25, 0.3) is 11.5 Å². The number of benzene rings is 1. The average molecular weight is 430 g/mol. The summed E-state index contributed by atoms with van der Waals surface area (Å²) in [6.45, 7) is 1.92. The number of urea groups is 1. The van der Waals surface area contributed by atoms with Gasteiger partial charge in [0.05, 0.1) is 24.8 Å². The molecule has 0 saturated heterocycles. The maximum Gasteiger partial charge on any atom is 0.445 e. The van der Waals surface area contributed by atoms with Gasteiger partial charge in [0.15, 0.2) is 5.92 Å². The van der Waals surface area contributed by atoms with E-state index in [2.05, 4.69) is 10.3 Å². The number of dihydropyridines is 1. The third-order valence-corrected chi connectivity index (χ3v) is 5.98. The van der Waals surface area contributed by atoms with Crippen molar-refractivity contribution in [3.8, 4) is 0 Å². The number of nitro benzene ring substituents is 1. The molecular formula is C19H20N5O5S+. The van der Waals surface area contributed by atoms with Gasteiger partial charge in [-0.1, -0.05) is 13.0 Å². The molecule has 0 bridgehead atoms. The Morgan fingerprint density at radius 1 is 1.40 bits per heavy atom. The van der Waals surface area contributed by atoms with Gasteiger partial charge in [0.1, 0.15) is 6.21 Å². The van der Waals surface area contributed by atoms with E-state index in [9.17, 15) is 24.5 Å². The zero-order valence-corrected chi connectivity index (χ0v) is 17.4. The van der Waals surface area contributed by atoms with Gasteiger partial charge >= 0.3 is 11.9 Å². The average Bonchev–Trinajstić information content (AvgIpc) is 2.74. The minimum Gasteiger partial charge on any atom is -0.325 e. The van der Waals surface area contributed by atoms with Gasteiger partial charge in [-0.05, 0) is 18.1 Å². The number of carbonyl (C=O) groups is 3. The molecule has 1 atom stereocenters. The maximum absolute atomic E-state index is 12.8. The highest BCUT2D eigenvalue weighted by Crippen LogP contribution is 2.35. The van der Waals surface area contributed by atoms with E-state index in [0.29, 0.717) is 22.8 Å². The molecule has 0 spiro atoms. The number of carbonyl (C=O) groups excluding carboxylic acids is 3. The standard InChI is InChI=1S/C19H19N5O5S/c1-4-11-9-20-17-15(18(26)23(3)19(27)22(17)2)16(11)30-10-14(25)21-12-6-5-7-13(8-12)24(28)29/h5-9,15H,4,10H2,1-3H3/p+1. The van der Waals surface area contributed by atoms with Crippen molar-refractivity contribution in [3.05, 3.63) is 44.9 Å². The molecular weight excluding hydrogens is 410 g/mol. The monoisotopic (exact) mass is 430 g/mol. The van der Waals surface area contributed by atoms with Crippen molar-refractivity contribution < 1.29 is 23.9 Å². The van der Waals surface area contributed by atoms with Crippen LogP contribution in [0.5, 0.6) is 0 Å². The first-order chi connectivity index (χ1) is 14.2. The SMILES string of the molecule is CCC1=C(SCC(=O)Nc2cccc([N+](=O)[O-])c2)C2C(=O)N(C)C(=O)[N+](C)=C2N=C1. The lowest BCUT2D eigenvalue weighted by molar-refractivity contribution is -0.407. The number of thioether (sulfide) groups is 1. The van der Waals surface area contributed by atoms with E-state index < -0.39 is 22.8 Å². The van der Waals surface area contributed by atoms with Crippen LogP contribution in [-0.2, 0) is 9.59 Å². The van der Waals surface area contributed by atoms with Gasteiger partial charge in [-0.15, -0.1) is 16.8 Å². The lowest BCUT2D eigenvalue weighted by atomic mass is 9.97. The molecule has 4 amide bonds. The fourth-order valence-electron chi connectivity index (χ4n) is 3.18. The molecule has 2 aliphatic heterocycles. The summed E-state index contributed by atoms with van der Waals surface area (Å²) in [5.74, 6) is -1.17. The molecule has 1 N–H and O–H groups in total. The second-order valence-electron chi connectivity index (χ2n) is 6.68. The Hall–Kier alpha value is -3.34. The molecule has 30 heavy (non-hydrogen) atoms. The number of amidine groups is 1. The maximum atomic E-state index is 12.8. The van der Waals surface area contributed by atoms with Crippen LogP contribution < -0.4 is 5.32 Å². The van der Waals surface area contributed by atoms with Crippen LogP contribution in [0.4, 0.5) is 16.2 Å². The number of imide groups is 1. The third-order valence-electron chi connectivity index (χ3n) is 4.76. The molecule has 11 heteroatoms. The van der Waals surface area contributed by atoms with Crippen LogP contribution in [0.15, 0.2) is 39.7 Å². The molecule has 0 radical (unpaired) electrons. The number of anilines is 1. The fraction of sp³-hybridized carbons (Fsp3) is 0.316. The van der Waals surface area contributed by atoms with Crippen molar-refractivity contribution in [2.45, 2.75) is 13.3 Å². The van der Waals surface area contributed by atoms with E-state index in [1.54, 1.807) is 19.3 Å². The number of hydrogen-bond acceptors (Lipinski definition) is 7. The number of rotatable bonds is 6. The summed E-state index contributed by atoms with van der Waals surface area (Å²) in [5.41, 5.74) is 1.01. The predicted octanol–water partition coefficient (Wildman–Crippen LogP) is 2.26. The summed E-state index contributed by atoms with van der Waals surface area (Å²) >= 11 is 1.20. The molecule has 1 aromatic rings. The Balaban J connectivity index is 1.80. The van der Waals surface area contributed by atoms with Crippen LogP contribution in [0.1, 0.15) is 13.3 Å². The van der Waals surface area contributed by atoms with E-state index in [1.807, 2.05) is 6.92 Å². The molecule has 156 valence electrons. The van der Waals surface area contributed by atoms with E-state index in [1.165, 1.54) is 41.6 Å². The number of amides is 4. The molecule has 0 fully saturated rings. The van der Waals surface area contributed by atoms with Crippen molar-refractivity contribution in [1.29, 1.82) is 0 Å². The summed E-state index contributed by atoms with van der Waals surface area (Å²) in [7, 11) is 2.97. The van der Waals surface area contributed by atoms with Gasteiger partial charge in [0, 0.05) is 22.7 Å². The second-order valence-corrected chi connectivity index (χ2v) is 7.69. The van der Waals surface area contributed by atoms with Crippen LogP contribution in [0.3, 0.4) is 0 Å². The number of allylic oxidation sites excluding steroid dienone is 1. The molecule has 1 unspecified atom stereocenters. The minimum absolute atomic E-state index is 0.00615. The first-order valence-corrected chi connectivity index (χ1v) is 10.1. The first-order valence-electron chi connectivity index (χ1n) is 9.10. The summed E-state index contributed by atoms with van der Waals surface area (Å²) in [6, 6.07) is 5.20. The number of aliphatic imine (C=N–C) groups is 1. The Bertz CT molecular complexity index is 1050. The lowest BCUT2D eigenvalue weighted by Gasteiger charge is -2.28. The Kier molecular flexibility index (Phi) is 6.11. The second kappa shape index (κ2) is 8.57. The summed E-state index contributed by atoms with van der Waals surface area (Å²) < 4.78 is 1.33. The van der Waals surface area contributed by atoms with Crippen LogP contribution in [0.25, 0.3) is 0 Å². The summed E-state index contributed by atoms with van der Waals surface area (Å²) in [6.07, 6.45) is 2.23. The largest absolute Gasteiger partial charge is 0.445 e. The van der Waals surface area contributed by atoms with Gasteiger partial charge in [-0.25, -0.2) is 4.79 Å². The lowest BCUT2D eigenvalue weighted by Crippen LogP contribution is -2.52. The van der Waals surface area contributed by atoms with Crippen LogP contribution >= 0.6 is 11.8 Å². The van der Waals surface area contributed by atoms with Crippen molar-refractivity contribution in [2.75, 3.05) is 25.2 Å². The van der Waals surface area contributed by atoms with Gasteiger partial charge in [0.2, 0.25) is 5.91 Å². The van der Waals surface area contributed by atoms with Gasteiger partial charge in [-0.2, -0.15) is 9.48 Å². The van der Waals surface area contributed by atoms with Crippen LogP contribution in [-0.4, -0.2) is 64.1 Å². The van der Waals surface area contributed by atoms with Crippen molar-refractivity contribution in [1.82, 2.24) is 4.90 Å². The number of fused-ring (bicyclic) bond motifs is 1. The normalized spacial score (nSPS) is 18.6. The fourth-order valence-corrected chi connectivity index (χ4v) is 4.29. The zero-order chi connectivity index (χ0) is 22.0. The van der Waals surface area contributed by atoms with Crippen LogP contribution in [0.2, 0.25) is 0 Å². The highest BCUT2D eigenvalue weighted by molar-refractivity contribution is 8.03. The van der Waals surface area contributed by atoms with E-state index in [-0.39, 0.29) is 17.3 Å². The third kappa shape index (κ3) is 4.01. The van der Waals surface area contributed by atoms with Crippen LogP contribution in [0, 0.1) is 16.0 Å². The van der Waals surface area contributed by atoms with E-state index >= 15 is 0 Å². The van der Waals surface area contributed by atoms with E-state index in [4.69, 9.17) is 0 Å². The number of hydrogen-bond donors (Lipinski definition) is 1. The topological polar surface area (TPSA) is 125 Å². The minimum atomic E-state index is -0.742. The highest BCUT2D eigenvalue weighted by atomic mass is 32.2. The van der Waals surface area contributed by atoms with Crippen molar-refractivity contribution >= 4 is 53.0 Å². The Labute approximate surface area is 176 Å². The van der Waals surface area contributed by atoms with Crippen molar-refractivity contribution in [3.63, 3.8) is 0 Å². The quantitative estimate of drug-likeness (QED) is 0.419. The predicted molar refractivity (Wildman–Crippen MR) is 113 cm³/mol. The van der Waals surface area contributed by atoms with Gasteiger partial charge < -0.3 is 5.32 Å². The molecule has 0 aromatic heterocycles. The Morgan fingerprint density at radius 3 is 2.80 bits per heavy atom. The van der Waals surface area contributed by atoms with E-state index in [0.717, 1.165) is 10.5 Å². The summed E-state index contributed by atoms with van der Waals surface area (Å²) in [4.78, 5) is 53.8. The number of nitro groups is 1. The zero-order valence-electron chi connectivity index (χ0n) is 16.6.